The van der Waals surface area contributed by atoms with Crippen LogP contribution >= 0.6 is 0 Å². The second-order valence-electron chi connectivity index (χ2n) is 22.0. The fourth-order valence-electron chi connectivity index (χ4n) is 10.2. The Balaban J connectivity index is 1.52. The molecule has 6 aromatic carbocycles. The van der Waals surface area contributed by atoms with Crippen LogP contribution in [-0.2, 0) is 38.5 Å². The zero-order valence-corrected chi connectivity index (χ0v) is 52.3. The number of hydrogen-bond acceptors (Lipinski definition) is 12. The molecule has 16 aliphatic carbocycles. The molecule has 2 N–H and O–H groups in total. The van der Waals surface area contributed by atoms with Gasteiger partial charge in [0.1, 0.15) is 69.0 Å². The summed E-state index contributed by atoms with van der Waals surface area (Å²) in [6.07, 6.45) is 10.6. The normalized spacial score (nSPS) is 12.2. The molecule has 0 aliphatic heterocycles. The van der Waals surface area contributed by atoms with Crippen molar-refractivity contribution in [2.45, 2.75) is 172 Å². The van der Waals surface area contributed by atoms with Crippen LogP contribution in [0.1, 0.15) is 200 Å². The van der Waals surface area contributed by atoms with Crippen molar-refractivity contribution >= 4 is 0 Å². The maximum absolute atomic E-state index is 12.0. The highest BCUT2D eigenvalue weighted by Gasteiger charge is 2.25. The van der Waals surface area contributed by atoms with E-state index in [1.165, 1.54) is 0 Å². The molecule has 22 rings (SSSR count). The van der Waals surface area contributed by atoms with Crippen molar-refractivity contribution < 1.29 is 57.6 Å². The SMILES string of the molecule is CCCOc1cc2c(OCCC)cc1Cc1cc(O)c(cc1O)Cc1cc(OCCC)c(cc1OCCC)Cc1cc(OCCC)c(cc1OCCC)Cc1cc(OCCC)c(cc1OCCC)Cc1cc(OCCC)c(cc1OCCC)C2. The van der Waals surface area contributed by atoms with Crippen molar-refractivity contribution in [3.05, 3.63) is 140 Å². The minimum atomic E-state index is 0.0604. The van der Waals surface area contributed by atoms with Crippen LogP contribution in [0.2, 0.25) is 0 Å². The molecule has 12 nitrogen and oxygen atoms in total. The van der Waals surface area contributed by atoms with E-state index in [-0.39, 0.29) is 24.3 Å². The largest absolute Gasteiger partial charge is 0.508 e. The third-order valence-electron chi connectivity index (χ3n) is 14.4. The van der Waals surface area contributed by atoms with Crippen molar-refractivity contribution in [2.75, 3.05) is 66.1 Å². The lowest BCUT2D eigenvalue weighted by Gasteiger charge is -2.23. The molecule has 12 bridgehead atoms. The van der Waals surface area contributed by atoms with Gasteiger partial charge in [0.15, 0.2) is 0 Å². The molecule has 0 saturated carbocycles. The molecule has 0 atom stereocenters. The van der Waals surface area contributed by atoms with E-state index >= 15 is 0 Å². The van der Waals surface area contributed by atoms with Crippen molar-refractivity contribution in [1.82, 2.24) is 0 Å². The van der Waals surface area contributed by atoms with Gasteiger partial charge in [-0.25, -0.2) is 0 Å². The van der Waals surface area contributed by atoms with Crippen LogP contribution in [0.25, 0.3) is 0 Å². The zero-order valence-electron chi connectivity index (χ0n) is 52.3. The topological polar surface area (TPSA) is 133 Å². The van der Waals surface area contributed by atoms with Crippen LogP contribution in [0, 0.1) is 0 Å². The van der Waals surface area contributed by atoms with Crippen LogP contribution in [0.5, 0.6) is 69.0 Å². The molecular weight excluding hydrogens is 1060 g/mol. The van der Waals surface area contributed by atoms with Crippen LogP contribution in [-0.4, -0.2) is 76.3 Å². The number of benzene rings is 6. The highest BCUT2D eigenvalue weighted by atomic mass is 16.5. The van der Waals surface area contributed by atoms with E-state index in [1.807, 2.05) is 12.1 Å². The summed E-state index contributed by atoms with van der Waals surface area (Å²) in [6.45, 7) is 26.3. The first-order valence-electron chi connectivity index (χ1n) is 31.6. The van der Waals surface area contributed by atoms with Gasteiger partial charge in [0.25, 0.3) is 0 Å². The summed E-state index contributed by atoms with van der Waals surface area (Å²) in [4.78, 5) is 0. The lowest BCUT2D eigenvalue weighted by molar-refractivity contribution is 0.299. The van der Waals surface area contributed by atoms with Crippen LogP contribution in [0.4, 0.5) is 0 Å². The molecule has 0 radical (unpaired) electrons. The van der Waals surface area contributed by atoms with Gasteiger partial charge in [-0.15, -0.1) is 0 Å². The molecule has 0 aromatic heterocycles. The second kappa shape index (κ2) is 33.4. The predicted octanol–water partition coefficient (Wildman–Crippen LogP) is 16.8. The first-order valence-corrected chi connectivity index (χ1v) is 31.6. The third-order valence-corrected chi connectivity index (χ3v) is 14.4. The van der Waals surface area contributed by atoms with Gasteiger partial charge in [-0.05, 0) is 137 Å². The van der Waals surface area contributed by atoms with Gasteiger partial charge in [0.05, 0.1) is 66.1 Å². The average Bonchev–Trinajstić information content (AvgIpc) is 3.36. The number of phenolic OH excluding ortho intramolecular Hbond substituents is 2. The Kier molecular flexibility index (Phi) is 25.7. The molecule has 456 valence electrons. The number of ether oxygens (including phenoxy) is 10. The minimum absolute atomic E-state index is 0.0604. The molecule has 0 spiro atoms. The summed E-state index contributed by atoms with van der Waals surface area (Å²) in [5.41, 5.74) is 10.4. The Bertz CT molecular complexity index is 2830. The van der Waals surface area contributed by atoms with Gasteiger partial charge >= 0.3 is 0 Å². The monoisotopic (exact) mass is 1150 g/mol. The molecule has 0 fully saturated rings. The molecule has 6 aromatic rings. The lowest BCUT2D eigenvalue weighted by atomic mass is 9.92. The molecule has 0 saturated heterocycles. The quantitative estimate of drug-likeness (QED) is 0.0415. The van der Waals surface area contributed by atoms with E-state index in [2.05, 4.69) is 118 Å². The number of hydrogen-bond donors (Lipinski definition) is 2. The van der Waals surface area contributed by atoms with Gasteiger partial charge in [-0.2, -0.15) is 0 Å². The second-order valence-corrected chi connectivity index (χ2v) is 22.0. The fourth-order valence-corrected chi connectivity index (χ4v) is 10.2. The molecule has 84 heavy (non-hydrogen) atoms. The first-order chi connectivity index (χ1) is 41.0. The standard InChI is InChI=1S/C72H96O12/c1-11-21-75-63-41-53-33-55-43-69(81-27-17-7)57(45-67(55)79-25-15-5)35-59-47-72(84-30-20-10)60(48-71(59)83-29-19-9)36-58-46-68(80-26-16-6)56(44-70(58)82-28-18-8)34-54-42-64(76-22-12-2)52(40-66(54)78-24-14-4)32-50-38-61(73)49(37-62(50)74)31-51(63)39-65(53)77-23-13-3/h37-48,73-74H,11-36H2,1-10H3. The minimum Gasteiger partial charge on any atom is -0.508 e. The van der Waals surface area contributed by atoms with Gasteiger partial charge in [-0.3, -0.25) is 0 Å². The molecule has 12 heteroatoms. The van der Waals surface area contributed by atoms with Crippen molar-refractivity contribution in [1.29, 1.82) is 0 Å². The van der Waals surface area contributed by atoms with Crippen LogP contribution < -0.4 is 47.4 Å². The molecular formula is C72H96O12. The van der Waals surface area contributed by atoms with Gasteiger partial charge in [0.2, 0.25) is 0 Å². The lowest BCUT2D eigenvalue weighted by Crippen LogP contribution is -2.09. The summed E-state index contributed by atoms with van der Waals surface area (Å²) >= 11 is 0. The molecule has 16 aliphatic rings. The number of rotatable bonds is 30. The first kappa shape index (κ1) is 64.5. The van der Waals surface area contributed by atoms with E-state index in [9.17, 15) is 10.2 Å². The zero-order chi connectivity index (χ0) is 59.8. The number of aromatic hydroxyl groups is 2. The third kappa shape index (κ3) is 17.5. The van der Waals surface area contributed by atoms with Gasteiger partial charge in [-0.1, -0.05) is 69.2 Å². The fraction of sp³-hybridized carbons (Fsp3) is 0.500. The molecule has 0 unspecified atom stereocenters. The Labute approximate surface area is 502 Å². The Morgan fingerprint density at radius 3 is 0.440 bits per heavy atom. The summed E-state index contributed by atoms with van der Waals surface area (Å²) in [6, 6.07) is 24.5. The number of phenols is 2. The summed E-state index contributed by atoms with van der Waals surface area (Å²) in [5.74, 6) is 7.55. The van der Waals surface area contributed by atoms with Gasteiger partial charge in [0, 0.05) is 105 Å². The van der Waals surface area contributed by atoms with E-state index in [4.69, 9.17) is 47.4 Å². The van der Waals surface area contributed by atoms with E-state index in [0.717, 1.165) is 154 Å². The van der Waals surface area contributed by atoms with Crippen molar-refractivity contribution in [3.8, 4) is 69.0 Å². The highest BCUT2D eigenvalue weighted by Crippen LogP contribution is 2.44. The summed E-state index contributed by atoms with van der Waals surface area (Å²) in [7, 11) is 0. The smallest absolute Gasteiger partial charge is 0.123 e. The predicted molar refractivity (Wildman–Crippen MR) is 337 cm³/mol. The average molecular weight is 1150 g/mol. The van der Waals surface area contributed by atoms with Crippen LogP contribution in [0.15, 0.2) is 72.8 Å². The molecule has 0 amide bonds. The van der Waals surface area contributed by atoms with E-state index in [1.54, 1.807) is 12.1 Å². The highest BCUT2D eigenvalue weighted by molar-refractivity contribution is 5.60. The Morgan fingerprint density at radius 1 is 0.202 bits per heavy atom. The van der Waals surface area contributed by atoms with E-state index < -0.39 is 0 Å². The maximum atomic E-state index is 12.0. The Hall–Kier alpha value is -7.08. The summed E-state index contributed by atoms with van der Waals surface area (Å²) < 4.78 is 66.7. The summed E-state index contributed by atoms with van der Waals surface area (Å²) in [5, 5.41) is 23.9. The maximum Gasteiger partial charge on any atom is 0.123 e. The van der Waals surface area contributed by atoms with Gasteiger partial charge < -0.3 is 57.6 Å². The Morgan fingerprint density at radius 2 is 0.321 bits per heavy atom. The van der Waals surface area contributed by atoms with E-state index in [0.29, 0.717) is 126 Å². The molecule has 0 heterocycles. The van der Waals surface area contributed by atoms with Crippen molar-refractivity contribution in [3.63, 3.8) is 0 Å². The van der Waals surface area contributed by atoms with Crippen LogP contribution in [0.3, 0.4) is 0 Å². The van der Waals surface area contributed by atoms with Crippen molar-refractivity contribution in [2.24, 2.45) is 0 Å².